The number of rotatable bonds is 0. The van der Waals surface area contributed by atoms with Crippen molar-refractivity contribution in [2.75, 3.05) is 0 Å². The monoisotopic (exact) mass is 304 g/mol. The van der Waals surface area contributed by atoms with Crippen molar-refractivity contribution in [1.29, 1.82) is 0 Å². The van der Waals surface area contributed by atoms with E-state index in [9.17, 15) is 0 Å². The molecule has 0 unspecified atom stereocenters. The Balaban J connectivity index is 0.000000160. The Morgan fingerprint density at radius 1 is 0.565 bits per heavy atom. The first-order chi connectivity index (χ1) is 10.8. The highest BCUT2D eigenvalue weighted by Gasteiger charge is 1.94. The minimum Gasteiger partial charge on any atom is -0.412 e. The van der Waals surface area contributed by atoms with Gasteiger partial charge in [0.2, 0.25) is 0 Å². The second-order valence-corrected chi connectivity index (χ2v) is 5.29. The maximum atomic E-state index is 4.24. The van der Waals surface area contributed by atoms with Crippen molar-refractivity contribution >= 4 is 21.8 Å². The van der Waals surface area contributed by atoms with E-state index in [-0.39, 0.29) is 5.48 Å². The summed E-state index contributed by atoms with van der Waals surface area (Å²) < 4.78 is 0. The summed E-state index contributed by atoms with van der Waals surface area (Å²) in [7, 11) is 0. The molecule has 0 atom stereocenters. The molecule has 2 aromatic heterocycles. The molecule has 2 N–H and O–H groups in total. The van der Waals surface area contributed by atoms with Crippen molar-refractivity contribution in [3.05, 3.63) is 84.2 Å². The van der Waals surface area contributed by atoms with Crippen LogP contribution in [-0.4, -0.2) is 15.4 Å². The van der Waals surface area contributed by atoms with Crippen LogP contribution in [0.4, 0.5) is 0 Å². The number of para-hydroxylation sites is 2. The topological polar surface area (TPSA) is 57.3 Å². The van der Waals surface area contributed by atoms with Gasteiger partial charge < -0.3 is 5.48 Å². The Morgan fingerprint density at radius 2 is 0.957 bits per heavy atom. The molecule has 0 saturated carbocycles. The number of fused-ring (bicyclic) bond motifs is 2. The molecule has 3 nitrogen and oxygen atoms in total. The van der Waals surface area contributed by atoms with Crippen LogP contribution < -0.4 is 0 Å². The zero-order chi connectivity index (χ0) is 15.4. The fourth-order valence-corrected chi connectivity index (χ4v) is 2.48. The molecule has 4 rings (SSSR count). The van der Waals surface area contributed by atoms with E-state index in [4.69, 9.17) is 0 Å². The van der Waals surface area contributed by atoms with Gasteiger partial charge in [-0.25, -0.2) is 0 Å². The van der Waals surface area contributed by atoms with Gasteiger partial charge in [-0.05, 0) is 49.2 Å². The Kier molecular flexibility index (Phi) is 5.39. The Bertz CT molecular complexity index is 831. The van der Waals surface area contributed by atoms with Crippen LogP contribution in [0.25, 0.3) is 21.8 Å². The lowest BCUT2D eigenvalue weighted by atomic mass is 10.1. The van der Waals surface area contributed by atoms with Gasteiger partial charge in [0.1, 0.15) is 0 Å². The smallest absolute Gasteiger partial charge is 0.0704 e. The third-order valence-corrected chi connectivity index (χ3v) is 3.73. The Morgan fingerprint density at radius 3 is 1.35 bits per heavy atom. The third kappa shape index (κ3) is 3.71. The van der Waals surface area contributed by atoms with Crippen LogP contribution in [0.1, 0.15) is 11.1 Å². The summed E-state index contributed by atoms with van der Waals surface area (Å²) in [5.74, 6) is 0. The number of hydrogen-bond acceptors (Lipinski definition) is 2. The average molecular weight is 304 g/mol. The molecule has 23 heavy (non-hydrogen) atoms. The molecule has 2 heterocycles. The molecular weight excluding hydrogens is 284 g/mol. The molecule has 4 aromatic rings. The fourth-order valence-electron chi connectivity index (χ4n) is 2.48. The number of aromatic nitrogens is 2. The molecular formula is C20H20N2O. The quantitative estimate of drug-likeness (QED) is 0.487. The molecule has 0 amide bonds. The van der Waals surface area contributed by atoms with Crippen LogP contribution in [0.5, 0.6) is 0 Å². The lowest BCUT2D eigenvalue weighted by molar-refractivity contribution is 0.824. The first-order valence-corrected chi connectivity index (χ1v) is 7.36. The van der Waals surface area contributed by atoms with Crippen molar-refractivity contribution < 1.29 is 5.48 Å². The molecule has 0 radical (unpaired) electrons. The standard InChI is InChI=1S/2C10H9N.H2O/c2*1-8-6-7-11-10-5-3-2-4-9(8)10;/h2*2-7H,1H3;1H2. The van der Waals surface area contributed by atoms with Crippen LogP contribution in [0, 0.1) is 13.8 Å². The number of nitrogens with zero attached hydrogens (tertiary/aromatic N) is 2. The summed E-state index contributed by atoms with van der Waals surface area (Å²) in [5, 5.41) is 2.49. The van der Waals surface area contributed by atoms with E-state index in [0.717, 1.165) is 11.0 Å². The predicted molar refractivity (Wildman–Crippen MR) is 96.6 cm³/mol. The largest absolute Gasteiger partial charge is 0.412 e. The van der Waals surface area contributed by atoms with Crippen LogP contribution in [0.15, 0.2) is 73.1 Å². The first kappa shape index (κ1) is 16.6. The molecule has 0 bridgehead atoms. The summed E-state index contributed by atoms with van der Waals surface area (Å²) in [6.07, 6.45) is 3.69. The zero-order valence-corrected chi connectivity index (χ0v) is 13.3. The Hall–Kier alpha value is -2.78. The van der Waals surface area contributed by atoms with Gasteiger partial charge in [-0.1, -0.05) is 36.4 Å². The van der Waals surface area contributed by atoms with E-state index in [1.54, 1.807) is 0 Å². The van der Waals surface area contributed by atoms with E-state index in [1.165, 1.54) is 21.9 Å². The second-order valence-electron chi connectivity index (χ2n) is 5.29. The molecule has 0 fully saturated rings. The summed E-state index contributed by atoms with van der Waals surface area (Å²) in [6, 6.07) is 20.4. The van der Waals surface area contributed by atoms with Gasteiger partial charge in [0.15, 0.2) is 0 Å². The number of hydrogen-bond donors (Lipinski definition) is 0. The summed E-state index contributed by atoms with van der Waals surface area (Å²) >= 11 is 0. The highest BCUT2D eigenvalue weighted by Crippen LogP contribution is 2.14. The molecule has 0 aliphatic carbocycles. The van der Waals surface area contributed by atoms with Crippen LogP contribution in [0.3, 0.4) is 0 Å². The molecule has 0 saturated heterocycles. The van der Waals surface area contributed by atoms with Crippen molar-refractivity contribution in [3.8, 4) is 0 Å². The number of pyridine rings is 2. The van der Waals surface area contributed by atoms with Crippen molar-refractivity contribution in [3.63, 3.8) is 0 Å². The van der Waals surface area contributed by atoms with E-state index in [0.29, 0.717) is 0 Å². The fraction of sp³-hybridized carbons (Fsp3) is 0.100. The molecule has 0 spiro atoms. The molecule has 0 aliphatic heterocycles. The highest BCUT2D eigenvalue weighted by atomic mass is 16.0. The van der Waals surface area contributed by atoms with Crippen LogP contribution in [0.2, 0.25) is 0 Å². The molecule has 3 heteroatoms. The maximum Gasteiger partial charge on any atom is 0.0704 e. The van der Waals surface area contributed by atoms with E-state index < -0.39 is 0 Å². The first-order valence-electron chi connectivity index (χ1n) is 7.36. The van der Waals surface area contributed by atoms with Gasteiger partial charge >= 0.3 is 0 Å². The minimum absolute atomic E-state index is 0. The normalized spacial score (nSPS) is 9.83. The third-order valence-electron chi connectivity index (χ3n) is 3.73. The van der Waals surface area contributed by atoms with Gasteiger partial charge in [-0.2, -0.15) is 0 Å². The zero-order valence-electron chi connectivity index (χ0n) is 13.3. The van der Waals surface area contributed by atoms with Crippen LogP contribution in [-0.2, 0) is 0 Å². The number of aryl methyl sites for hydroxylation is 2. The average Bonchev–Trinajstić information content (AvgIpc) is 2.57. The molecule has 116 valence electrons. The lowest BCUT2D eigenvalue weighted by Gasteiger charge is -1.97. The van der Waals surface area contributed by atoms with Crippen molar-refractivity contribution in [1.82, 2.24) is 9.97 Å². The van der Waals surface area contributed by atoms with E-state index in [2.05, 4.69) is 35.9 Å². The Labute approximate surface area is 136 Å². The summed E-state index contributed by atoms with van der Waals surface area (Å²) in [4.78, 5) is 8.48. The molecule has 2 aromatic carbocycles. The SMILES string of the molecule is Cc1ccnc2ccccc12.Cc1ccnc2ccccc12.O. The molecule has 0 aliphatic rings. The van der Waals surface area contributed by atoms with E-state index >= 15 is 0 Å². The van der Waals surface area contributed by atoms with Crippen molar-refractivity contribution in [2.45, 2.75) is 13.8 Å². The van der Waals surface area contributed by atoms with E-state index in [1.807, 2.05) is 60.9 Å². The van der Waals surface area contributed by atoms with Gasteiger partial charge in [0.25, 0.3) is 0 Å². The summed E-state index contributed by atoms with van der Waals surface area (Å²) in [5.41, 5.74) is 4.73. The van der Waals surface area contributed by atoms with Gasteiger partial charge in [-0.15, -0.1) is 0 Å². The second kappa shape index (κ2) is 7.47. The minimum atomic E-state index is 0. The van der Waals surface area contributed by atoms with Gasteiger partial charge in [0, 0.05) is 23.2 Å². The number of benzene rings is 2. The lowest BCUT2D eigenvalue weighted by Crippen LogP contribution is -1.79. The predicted octanol–water partition coefficient (Wildman–Crippen LogP) is 4.26. The van der Waals surface area contributed by atoms with Crippen LogP contribution >= 0.6 is 0 Å². The summed E-state index contributed by atoms with van der Waals surface area (Å²) in [6.45, 7) is 4.20. The maximum absolute atomic E-state index is 4.24. The van der Waals surface area contributed by atoms with Gasteiger partial charge in [-0.3, -0.25) is 9.97 Å². The van der Waals surface area contributed by atoms with Crippen molar-refractivity contribution in [2.24, 2.45) is 0 Å². The van der Waals surface area contributed by atoms with Gasteiger partial charge in [0.05, 0.1) is 11.0 Å². The highest BCUT2D eigenvalue weighted by molar-refractivity contribution is 5.82.